The van der Waals surface area contributed by atoms with E-state index in [-0.39, 0.29) is 12.5 Å². The van der Waals surface area contributed by atoms with Gasteiger partial charge in [-0.15, -0.1) is 10.2 Å². The van der Waals surface area contributed by atoms with E-state index in [1.165, 1.54) is 0 Å². The van der Waals surface area contributed by atoms with E-state index in [0.29, 0.717) is 35.9 Å². The molecular weight excluding hydrogens is 486 g/mol. The second-order valence-corrected chi connectivity index (χ2v) is 8.28. The van der Waals surface area contributed by atoms with Crippen LogP contribution in [0.5, 0.6) is 5.75 Å². The number of nitrogens with zero attached hydrogens (tertiary/aromatic N) is 3. The molecule has 8 nitrogen and oxygen atoms in total. The lowest BCUT2D eigenvalue weighted by Crippen LogP contribution is -2.23. The Kier molecular flexibility index (Phi) is 5.78. The minimum Gasteiger partial charge on any atom is -0.484 e. The maximum Gasteiger partial charge on any atom is 0.255 e. The highest BCUT2D eigenvalue weighted by atomic mass is 79.9. The van der Waals surface area contributed by atoms with Crippen LogP contribution in [0.15, 0.2) is 63.5 Å². The largest absolute Gasteiger partial charge is 0.484 e. The van der Waals surface area contributed by atoms with Crippen molar-refractivity contribution in [3.63, 3.8) is 0 Å². The second kappa shape index (κ2) is 9.03. The van der Waals surface area contributed by atoms with Gasteiger partial charge in [-0.1, -0.05) is 48.5 Å². The average Bonchev–Trinajstić information content (AvgIpc) is 3.49. The molecule has 2 aromatic heterocycles. The lowest BCUT2D eigenvalue weighted by atomic mass is 10.1. The van der Waals surface area contributed by atoms with Crippen LogP contribution >= 0.6 is 15.9 Å². The Labute approximate surface area is 197 Å². The first-order chi connectivity index (χ1) is 16.1. The van der Waals surface area contributed by atoms with E-state index < -0.39 is 0 Å². The minimum atomic E-state index is -0.136. The average molecular weight is 506 g/mol. The van der Waals surface area contributed by atoms with Crippen LogP contribution in [0.2, 0.25) is 0 Å². The van der Waals surface area contributed by atoms with Gasteiger partial charge in [0.2, 0.25) is 5.82 Å². The minimum absolute atomic E-state index is 0.136. The van der Waals surface area contributed by atoms with Crippen molar-refractivity contribution in [3.8, 4) is 5.75 Å². The molecule has 5 aromatic rings. The van der Waals surface area contributed by atoms with Gasteiger partial charge in [-0.25, -0.2) is 0 Å². The third-order valence-electron chi connectivity index (χ3n) is 5.40. The van der Waals surface area contributed by atoms with Gasteiger partial charge in [-0.2, -0.15) is 5.21 Å². The Morgan fingerprint density at radius 3 is 2.85 bits per heavy atom. The summed E-state index contributed by atoms with van der Waals surface area (Å²) in [6.45, 7) is 2.61. The van der Waals surface area contributed by atoms with Crippen LogP contribution in [0.3, 0.4) is 0 Å². The van der Waals surface area contributed by atoms with Gasteiger partial charge in [0.1, 0.15) is 17.1 Å². The zero-order valence-electron chi connectivity index (χ0n) is 17.8. The smallest absolute Gasteiger partial charge is 0.255 e. The van der Waals surface area contributed by atoms with Crippen LogP contribution in [-0.4, -0.2) is 26.5 Å². The van der Waals surface area contributed by atoms with Gasteiger partial charge in [-0.3, -0.25) is 4.79 Å². The van der Waals surface area contributed by atoms with Crippen LogP contribution in [-0.2, 0) is 19.6 Å². The number of aromatic nitrogens is 4. The third kappa shape index (κ3) is 4.19. The Balaban J connectivity index is 1.32. The molecule has 0 aliphatic carbocycles. The molecular formula is C24H20BrN5O3. The molecule has 0 spiro atoms. The van der Waals surface area contributed by atoms with Crippen molar-refractivity contribution in [1.82, 2.24) is 25.9 Å². The van der Waals surface area contributed by atoms with Gasteiger partial charge in [0.15, 0.2) is 6.61 Å². The van der Waals surface area contributed by atoms with E-state index in [0.717, 1.165) is 31.8 Å². The number of hydrogen-bond acceptors (Lipinski definition) is 6. The Hall–Kier alpha value is -3.72. The third-order valence-corrected chi connectivity index (χ3v) is 6.22. The molecule has 3 aromatic carbocycles. The predicted octanol–water partition coefficient (Wildman–Crippen LogP) is 4.93. The number of para-hydroxylation sites is 1. The lowest BCUT2D eigenvalue weighted by Gasteiger charge is -2.11. The Morgan fingerprint density at radius 1 is 1.15 bits per heavy atom. The van der Waals surface area contributed by atoms with Crippen LogP contribution in [0, 0.1) is 0 Å². The summed E-state index contributed by atoms with van der Waals surface area (Å²) >= 11 is 3.63. The van der Waals surface area contributed by atoms with E-state index in [2.05, 4.69) is 47.9 Å². The van der Waals surface area contributed by atoms with Crippen LogP contribution < -0.4 is 10.1 Å². The fourth-order valence-electron chi connectivity index (χ4n) is 3.79. The predicted molar refractivity (Wildman–Crippen MR) is 127 cm³/mol. The number of aromatic amines is 1. The van der Waals surface area contributed by atoms with Crippen molar-refractivity contribution < 1.29 is 13.9 Å². The van der Waals surface area contributed by atoms with Crippen molar-refractivity contribution in [3.05, 3.63) is 81.8 Å². The standard InChI is InChI=1S/C24H20BrN5O3/c1-2-18-22(17-5-3-4-6-19(17)33-18)24(31)26-12-14-7-9-16-15(11-14)8-10-20(23(16)25)32-13-21-27-29-30-28-21/h3-11H,2,12-13H2,1H3,(H,26,31)(H,27,28,29,30). The van der Waals surface area contributed by atoms with Gasteiger partial charge in [-0.05, 0) is 50.5 Å². The SMILES string of the molecule is CCc1oc2ccccc2c1C(=O)NCc1ccc2c(Br)c(OCc3nn[nH]n3)ccc2c1. The number of H-pyrrole nitrogens is 1. The maximum absolute atomic E-state index is 13.0. The van der Waals surface area contributed by atoms with Gasteiger partial charge in [0.05, 0.1) is 10.0 Å². The fraction of sp³-hybridized carbons (Fsp3) is 0.167. The number of amides is 1. The number of tetrazole rings is 1. The number of carbonyl (C=O) groups is 1. The number of nitrogens with one attached hydrogen (secondary N) is 2. The van der Waals surface area contributed by atoms with Gasteiger partial charge < -0.3 is 14.5 Å². The number of ether oxygens (including phenoxy) is 1. The van der Waals surface area contributed by atoms with Crippen LogP contribution in [0.1, 0.15) is 34.4 Å². The number of carbonyl (C=O) groups excluding carboxylic acids is 1. The summed E-state index contributed by atoms with van der Waals surface area (Å²) in [5, 5.41) is 19.6. The molecule has 33 heavy (non-hydrogen) atoms. The van der Waals surface area contributed by atoms with Crippen LogP contribution in [0.25, 0.3) is 21.7 Å². The first kappa shape index (κ1) is 21.1. The zero-order chi connectivity index (χ0) is 22.8. The highest BCUT2D eigenvalue weighted by molar-refractivity contribution is 9.10. The first-order valence-electron chi connectivity index (χ1n) is 10.5. The number of fused-ring (bicyclic) bond motifs is 2. The van der Waals surface area contributed by atoms with Crippen molar-refractivity contribution in [2.75, 3.05) is 0 Å². The van der Waals surface area contributed by atoms with Crippen molar-refractivity contribution >= 4 is 43.6 Å². The molecule has 0 unspecified atom stereocenters. The highest BCUT2D eigenvalue weighted by Gasteiger charge is 2.19. The van der Waals surface area contributed by atoms with E-state index in [4.69, 9.17) is 9.15 Å². The summed E-state index contributed by atoms with van der Waals surface area (Å²) in [5.41, 5.74) is 2.33. The Bertz CT molecular complexity index is 1450. The molecule has 2 N–H and O–H groups in total. The summed E-state index contributed by atoms with van der Waals surface area (Å²) in [5.74, 6) is 1.73. The van der Waals surface area contributed by atoms with E-state index in [9.17, 15) is 4.79 Å². The number of benzene rings is 3. The topological polar surface area (TPSA) is 106 Å². The molecule has 0 fully saturated rings. The van der Waals surface area contributed by atoms with E-state index in [1.807, 2.05) is 55.5 Å². The summed E-state index contributed by atoms with van der Waals surface area (Å²) in [7, 11) is 0. The highest BCUT2D eigenvalue weighted by Crippen LogP contribution is 2.34. The molecule has 166 valence electrons. The summed E-state index contributed by atoms with van der Waals surface area (Å²) in [6, 6.07) is 17.5. The summed E-state index contributed by atoms with van der Waals surface area (Å²) in [6.07, 6.45) is 0.651. The molecule has 0 saturated heterocycles. The fourth-order valence-corrected chi connectivity index (χ4v) is 4.40. The van der Waals surface area contributed by atoms with E-state index >= 15 is 0 Å². The van der Waals surface area contributed by atoms with Gasteiger partial charge in [0, 0.05) is 18.4 Å². The lowest BCUT2D eigenvalue weighted by molar-refractivity contribution is 0.0950. The molecule has 0 aliphatic heterocycles. The molecule has 0 radical (unpaired) electrons. The van der Waals surface area contributed by atoms with Crippen molar-refractivity contribution in [2.24, 2.45) is 0 Å². The number of furan rings is 1. The molecule has 0 bridgehead atoms. The number of aryl methyl sites for hydroxylation is 1. The quantitative estimate of drug-likeness (QED) is 0.324. The summed E-state index contributed by atoms with van der Waals surface area (Å²) < 4.78 is 12.5. The summed E-state index contributed by atoms with van der Waals surface area (Å²) in [4.78, 5) is 13.0. The molecule has 5 rings (SSSR count). The Morgan fingerprint density at radius 2 is 2.03 bits per heavy atom. The van der Waals surface area contributed by atoms with E-state index in [1.54, 1.807) is 0 Å². The normalized spacial score (nSPS) is 11.2. The van der Waals surface area contributed by atoms with Crippen molar-refractivity contribution in [1.29, 1.82) is 0 Å². The zero-order valence-corrected chi connectivity index (χ0v) is 19.3. The second-order valence-electron chi connectivity index (χ2n) is 7.48. The van der Waals surface area contributed by atoms with Crippen LogP contribution in [0.4, 0.5) is 0 Å². The number of halogens is 1. The molecule has 0 aliphatic rings. The molecule has 2 heterocycles. The number of hydrogen-bond donors (Lipinski definition) is 2. The maximum atomic E-state index is 13.0. The number of rotatable bonds is 7. The molecule has 9 heteroatoms. The molecule has 1 amide bonds. The monoisotopic (exact) mass is 505 g/mol. The van der Waals surface area contributed by atoms with Gasteiger partial charge >= 0.3 is 0 Å². The van der Waals surface area contributed by atoms with Crippen molar-refractivity contribution in [2.45, 2.75) is 26.5 Å². The molecule has 0 atom stereocenters. The van der Waals surface area contributed by atoms with Gasteiger partial charge in [0.25, 0.3) is 5.91 Å². The first-order valence-corrected chi connectivity index (χ1v) is 11.3. The molecule has 0 saturated carbocycles.